The van der Waals surface area contributed by atoms with E-state index in [1.54, 1.807) is 0 Å². The van der Waals surface area contributed by atoms with Crippen molar-refractivity contribution in [2.75, 3.05) is 13.3 Å². The topological polar surface area (TPSA) is 104 Å². The zero-order valence-corrected chi connectivity index (χ0v) is 16.5. The van der Waals surface area contributed by atoms with Crippen molar-refractivity contribution in [1.29, 1.82) is 0 Å². The van der Waals surface area contributed by atoms with Gasteiger partial charge >= 0.3 is 0 Å². The zero-order chi connectivity index (χ0) is 20.2. The zero-order valence-electron chi connectivity index (χ0n) is 16.5. The minimum atomic E-state index is -0.0556. The second-order valence-electron chi connectivity index (χ2n) is 6.78. The minimum Gasteiger partial charge on any atom is -0.454 e. The van der Waals surface area contributed by atoms with E-state index in [9.17, 15) is 4.79 Å². The summed E-state index contributed by atoms with van der Waals surface area (Å²) in [5.41, 5.74) is 2.76. The fourth-order valence-corrected chi connectivity index (χ4v) is 3.17. The predicted octanol–water partition coefficient (Wildman–Crippen LogP) is 2.28. The molecular formula is C20H23N5O4. The maximum absolute atomic E-state index is 12.1. The molecule has 0 aliphatic carbocycles. The van der Waals surface area contributed by atoms with E-state index in [0.717, 1.165) is 28.5 Å². The summed E-state index contributed by atoms with van der Waals surface area (Å²) in [5, 5.41) is 15.4. The Morgan fingerprint density at radius 2 is 2.03 bits per heavy atom. The lowest BCUT2D eigenvalue weighted by atomic mass is 10.1. The monoisotopic (exact) mass is 397 g/mol. The third-order valence-electron chi connectivity index (χ3n) is 4.63. The smallest absolute Gasteiger partial charge is 0.265 e. The molecule has 0 spiro atoms. The molecule has 1 aromatic carbocycles. The van der Waals surface area contributed by atoms with E-state index in [4.69, 9.17) is 13.9 Å². The molecule has 1 amide bonds. The van der Waals surface area contributed by atoms with Gasteiger partial charge in [-0.15, -0.1) is 10.2 Å². The Morgan fingerprint density at radius 3 is 2.90 bits per heavy atom. The molecule has 152 valence electrons. The van der Waals surface area contributed by atoms with Crippen LogP contribution in [0.4, 0.5) is 0 Å². The Labute approximate surface area is 168 Å². The van der Waals surface area contributed by atoms with Gasteiger partial charge in [-0.1, -0.05) is 6.07 Å². The summed E-state index contributed by atoms with van der Waals surface area (Å²) in [5.74, 6) is 2.31. The van der Waals surface area contributed by atoms with E-state index in [0.29, 0.717) is 37.7 Å². The summed E-state index contributed by atoms with van der Waals surface area (Å²) in [7, 11) is 0. The lowest BCUT2D eigenvalue weighted by Gasteiger charge is -2.05. The van der Waals surface area contributed by atoms with Crippen LogP contribution in [0.2, 0.25) is 0 Å². The lowest BCUT2D eigenvalue weighted by molar-refractivity contribution is -0.121. The molecule has 1 N–H and O–H groups in total. The molecule has 0 bridgehead atoms. The highest BCUT2D eigenvalue weighted by Gasteiger charge is 2.16. The lowest BCUT2D eigenvalue weighted by Crippen LogP contribution is -2.25. The molecule has 4 rings (SSSR count). The molecule has 29 heavy (non-hydrogen) atoms. The van der Waals surface area contributed by atoms with Gasteiger partial charge in [0.2, 0.25) is 18.6 Å². The van der Waals surface area contributed by atoms with Gasteiger partial charge in [0.25, 0.3) is 5.89 Å². The number of amides is 1. The molecule has 9 heteroatoms. The summed E-state index contributed by atoms with van der Waals surface area (Å²) in [6.07, 6.45) is 1.39. The van der Waals surface area contributed by atoms with Gasteiger partial charge in [-0.05, 0) is 44.0 Å². The molecular weight excluding hydrogens is 374 g/mol. The number of ether oxygens (including phenoxy) is 2. The molecule has 1 aliphatic heterocycles. The molecule has 0 fully saturated rings. The number of benzene rings is 1. The second-order valence-corrected chi connectivity index (χ2v) is 6.78. The molecule has 3 heterocycles. The summed E-state index contributed by atoms with van der Waals surface area (Å²) in [6, 6.07) is 7.71. The van der Waals surface area contributed by atoms with E-state index in [1.807, 2.05) is 42.8 Å². The standard InChI is InChI=1S/C20H23N5O4/c1-3-25-15(10-13(2)24-25)20-23-22-19(29-20)7-6-18(26)21-9-8-14-4-5-16-17(11-14)28-12-27-16/h4-5,10-11H,3,6-9,12H2,1-2H3,(H,21,26). The number of nitrogens with zero attached hydrogens (tertiary/aromatic N) is 4. The van der Waals surface area contributed by atoms with Gasteiger partial charge < -0.3 is 19.2 Å². The maximum Gasteiger partial charge on any atom is 0.265 e. The first-order valence-corrected chi connectivity index (χ1v) is 9.65. The van der Waals surface area contributed by atoms with Crippen molar-refractivity contribution in [3.05, 3.63) is 41.4 Å². The largest absolute Gasteiger partial charge is 0.454 e. The number of carbonyl (C=O) groups excluding carboxylic acids is 1. The average Bonchev–Trinajstić information content (AvgIpc) is 3.45. The highest BCUT2D eigenvalue weighted by atomic mass is 16.7. The van der Waals surface area contributed by atoms with Gasteiger partial charge in [-0.3, -0.25) is 9.48 Å². The number of rotatable bonds is 8. The maximum atomic E-state index is 12.1. The number of fused-ring (bicyclic) bond motifs is 1. The van der Waals surface area contributed by atoms with Gasteiger partial charge in [-0.25, -0.2) is 0 Å². The van der Waals surface area contributed by atoms with Crippen LogP contribution < -0.4 is 14.8 Å². The van der Waals surface area contributed by atoms with Crippen LogP contribution in [0.5, 0.6) is 11.5 Å². The number of nitrogens with one attached hydrogen (secondary N) is 1. The van der Waals surface area contributed by atoms with Crippen molar-refractivity contribution in [1.82, 2.24) is 25.3 Å². The predicted molar refractivity (Wildman–Crippen MR) is 104 cm³/mol. The Kier molecular flexibility index (Phi) is 5.46. The van der Waals surface area contributed by atoms with Crippen LogP contribution in [-0.4, -0.2) is 39.2 Å². The van der Waals surface area contributed by atoms with Gasteiger partial charge in [-0.2, -0.15) is 5.10 Å². The van der Waals surface area contributed by atoms with Crippen molar-refractivity contribution in [2.24, 2.45) is 0 Å². The van der Waals surface area contributed by atoms with Crippen LogP contribution in [0.3, 0.4) is 0 Å². The van der Waals surface area contributed by atoms with Gasteiger partial charge in [0.15, 0.2) is 11.5 Å². The van der Waals surface area contributed by atoms with E-state index in [-0.39, 0.29) is 19.1 Å². The number of carbonyl (C=O) groups is 1. The highest BCUT2D eigenvalue weighted by Crippen LogP contribution is 2.32. The fraction of sp³-hybridized carbons (Fsp3) is 0.400. The van der Waals surface area contributed by atoms with Crippen LogP contribution in [-0.2, 0) is 24.2 Å². The number of aromatic nitrogens is 4. The van der Waals surface area contributed by atoms with Crippen LogP contribution in [0, 0.1) is 6.92 Å². The third kappa shape index (κ3) is 4.39. The van der Waals surface area contributed by atoms with E-state index in [1.165, 1.54) is 0 Å². The van der Waals surface area contributed by atoms with Crippen LogP contribution in [0.15, 0.2) is 28.7 Å². The highest BCUT2D eigenvalue weighted by molar-refractivity contribution is 5.76. The molecule has 0 saturated heterocycles. The molecule has 0 saturated carbocycles. The molecule has 9 nitrogen and oxygen atoms in total. The Bertz CT molecular complexity index is 1010. The number of hydrogen-bond donors (Lipinski definition) is 1. The van der Waals surface area contributed by atoms with Crippen molar-refractivity contribution in [2.45, 2.75) is 39.7 Å². The van der Waals surface area contributed by atoms with Gasteiger partial charge in [0, 0.05) is 25.9 Å². The summed E-state index contributed by atoms with van der Waals surface area (Å²) >= 11 is 0. The Balaban J connectivity index is 1.24. The molecule has 1 aliphatic rings. The van der Waals surface area contributed by atoms with Crippen molar-refractivity contribution in [3.63, 3.8) is 0 Å². The first-order chi connectivity index (χ1) is 14.1. The van der Waals surface area contributed by atoms with Crippen LogP contribution in [0.1, 0.15) is 30.5 Å². The SMILES string of the molecule is CCn1nc(C)cc1-c1nnc(CCC(=O)NCCc2ccc3c(c2)OCO3)o1. The number of hydrogen-bond acceptors (Lipinski definition) is 7. The second kappa shape index (κ2) is 8.34. The van der Waals surface area contributed by atoms with Gasteiger partial charge in [0.05, 0.1) is 5.69 Å². The van der Waals surface area contributed by atoms with E-state index < -0.39 is 0 Å². The molecule has 3 aromatic rings. The number of aryl methyl sites for hydroxylation is 3. The summed E-state index contributed by atoms with van der Waals surface area (Å²) in [6.45, 7) is 5.43. The quantitative estimate of drug-likeness (QED) is 0.622. The molecule has 0 radical (unpaired) electrons. The average molecular weight is 397 g/mol. The molecule has 0 atom stereocenters. The summed E-state index contributed by atoms with van der Waals surface area (Å²) in [4.78, 5) is 12.1. The van der Waals surface area contributed by atoms with Crippen molar-refractivity contribution < 1.29 is 18.7 Å². The van der Waals surface area contributed by atoms with E-state index in [2.05, 4.69) is 20.6 Å². The van der Waals surface area contributed by atoms with Crippen molar-refractivity contribution >= 4 is 5.91 Å². The Morgan fingerprint density at radius 1 is 1.17 bits per heavy atom. The fourth-order valence-electron chi connectivity index (χ4n) is 3.17. The van der Waals surface area contributed by atoms with Crippen LogP contribution in [0.25, 0.3) is 11.6 Å². The Hall–Kier alpha value is -3.36. The molecule has 0 unspecified atom stereocenters. The first kappa shape index (κ1) is 19.0. The van der Waals surface area contributed by atoms with Crippen molar-refractivity contribution in [3.8, 4) is 23.1 Å². The normalized spacial score (nSPS) is 12.3. The molecule has 2 aromatic heterocycles. The van der Waals surface area contributed by atoms with E-state index >= 15 is 0 Å². The third-order valence-corrected chi connectivity index (χ3v) is 4.63. The minimum absolute atomic E-state index is 0.0556. The van der Waals surface area contributed by atoms with Gasteiger partial charge in [0.1, 0.15) is 5.69 Å². The first-order valence-electron chi connectivity index (χ1n) is 9.65. The summed E-state index contributed by atoms with van der Waals surface area (Å²) < 4.78 is 18.2. The van der Waals surface area contributed by atoms with Crippen LogP contribution >= 0.6 is 0 Å².